The summed E-state index contributed by atoms with van der Waals surface area (Å²) in [4.78, 5) is 26.5. The molecule has 1 saturated carbocycles. The molecule has 2 rings (SSSR count). The van der Waals surface area contributed by atoms with E-state index in [0.717, 1.165) is 18.8 Å². The van der Waals surface area contributed by atoms with Crippen LogP contribution < -0.4 is 5.73 Å². The smallest absolute Gasteiger partial charge is 0.290 e. The minimum absolute atomic E-state index is 0.0847. The number of amides is 1. The average molecular weight is 307 g/mol. The summed E-state index contributed by atoms with van der Waals surface area (Å²) >= 11 is 0. The van der Waals surface area contributed by atoms with Crippen LogP contribution in [0.2, 0.25) is 0 Å². The highest BCUT2D eigenvalue weighted by atomic mass is 16.5. The fourth-order valence-electron chi connectivity index (χ4n) is 3.29. The third kappa shape index (κ3) is 4.93. The zero-order valence-electron chi connectivity index (χ0n) is 13.2. The Morgan fingerprint density at radius 3 is 2.64 bits per heavy atom. The number of aromatic nitrogens is 2. The van der Waals surface area contributed by atoms with Crippen molar-refractivity contribution in [3.8, 4) is 0 Å². The molecule has 0 radical (unpaired) electrons. The van der Waals surface area contributed by atoms with Crippen LogP contribution in [0.15, 0.2) is 4.52 Å². The van der Waals surface area contributed by atoms with E-state index in [1.54, 1.807) is 6.92 Å². The van der Waals surface area contributed by atoms with Gasteiger partial charge in [0.05, 0.1) is 0 Å². The van der Waals surface area contributed by atoms with Crippen molar-refractivity contribution in [1.82, 2.24) is 10.1 Å². The molecule has 1 aliphatic carbocycles. The molecule has 1 fully saturated rings. The highest BCUT2D eigenvalue weighted by Gasteiger charge is 2.23. The lowest BCUT2D eigenvalue weighted by atomic mass is 9.84. The summed E-state index contributed by atoms with van der Waals surface area (Å²) in [6, 6.07) is 0. The maximum Gasteiger partial charge on any atom is 0.290 e. The lowest BCUT2D eigenvalue weighted by Gasteiger charge is -2.22. The minimum Gasteiger partial charge on any atom is -0.363 e. The maximum absolute atomic E-state index is 11.5. The maximum atomic E-state index is 11.5. The van der Waals surface area contributed by atoms with E-state index in [-0.39, 0.29) is 17.5 Å². The van der Waals surface area contributed by atoms with Gasteiger partial charge in [-0.3, -0.25) is 4.79 Å². The Kier molecular flexibility index (Phi) is 6.10. The lowest BCUT2D eigenvalue weighted by molar-refractivity contribution is -0.117. The highest BCUT2D eigenvalue weighted by Crippen LogP contribution is 2.31. The quantitative estimate of drug-likeness (QED) is 0.796. The summed E-state index contributed by atoms with van der Waals surface area (Å²) in [5.41, 5.74) is 5.14. The van der Waals surface area contributed by atoms with Crippen molar-refractivity contribution in [1.29, 1.82) is 0 Å². The van der Waals surface area contributed by atoms with Crippen molar-refractivity contribution in [3.05, 3.63) is 11.7 Å². The first-order valence-corrected chi connectivity index (χ1v) is 8.19. The van der Waals surface area contributed by atoms with Gasteiger partial charge in [-0.25, -0.2) is 0 Å². The Bertz CT molecular complexity index is 506. The number of Topliss-reactive ketones (excluding diaryl/α,β-unsaturated/α-hetero) is 1. The number of nitrogens with two attached hydrogens (primary N) is 1. The number of rotatable bonds is 8. The molecule has 6 nitrogen and oxygen atoms in total. The molecule has 2 N–H and O–H groups in total. The third-order valence-corrected chi connectivity index (χ3v) is 4.43. The fourth-order valence-corrected chi connectivity index (χ4v) is 3.29. The predicted molar refractivity (Wildman–Crippen MR) is 81.3 cm³/mol. The van der Waals surface area contributed by atoms with Gasteiger partial charge in [0.25, 0.3) is 11.7 Å². The molecule has 1 aromatic rings. The van der Waals surface area contributed by atoms with E-state index in [1.807, 2.05) is 0 Å². The summed E-state index contributed by atoms with van der Waals surface area (Å²) < 4.78 is 5.12. The van der Waals surface area contributed by atoms with Gasteiger partial charge in [0, 0.05) is 12.3 Å². The van der Waals surface area contributed by atoms with Gasteiger partial charge >= 0.3 is 0 Å². The SMILES string of the molecule is CC(=O)C[C@@H](CCCC1CCCCC1)c1nc(C(N)=O)no1. The Labute approximate surface area is 130 Å². The van der Waals surface area contributed by atoms with Gasteiger partial charge in [0.1, 0.15) is 5.78 Å². The molecule has 0 spiro atoms. The first-order chi connectivity index (χ1) is 10.6. The fraction of sp³-hybridized carbons (Fsp3) is 0.750. The summed E-state index contributed by atoms with van der Waals surface area (Å²) in [6.07, 6.45) is 10.1. The molecule has 6 heteroatoms. The first kappa shape index (κ1) is 16.6. The van der Waals surface area contributed by atoms with Crippen molar-refractivity contribution in [2.45, 2.75) is 70.6 Å². The lowest BCUT2D eigenvalue weighted by Crippen LogP contribution is -2.13. The van der Waals surface area contributed by atoms with Crippen molar-refractivity contribution in [2.75, 3.05) is 0 Å². The zero-order valence-corrected chi connectivity index (χ0v) is 13.2. The number of primary amides is 1. The van der Waals surface area contributed by atoms with E-state index in [4.69, 9.17) is 10.3 Å². The van der Waals surface area contributed by atoms with Crippen LogP contribution in [0.3, 0.4) is 0 Å². The second-order valence-electron chi connectivity index (χ2n) is 6.36. The average Bonchev–Trinajstić information content (AvgIpc) is 2.97. The van der Waals surface area contributed by atoms with Gasteiger partial charge in [-0.05, 0) is 19.3 Å². The predicted octanol–water partition coefficient (Wildman–Crippen LogP) is 2.98. The summed E-state index contributed by atoms with van der Waals surface area (Å²) in [7, 11) is 0. The zero-order chi connectivity index (χ0) is 15.9. The van der Waals surface area contributed by atoms with E-state index < -0.39 is 5.91 Å². The van der Waals surface area contributed by atoms with E-state index in [1.165, 1.54) is 38.5 Å². The largest absolute Gasteiger partial charge is 0.363 e. The van der Waals surface area contributed by atoms with Crippen molar-refractivity contribution in [3.63, 3.8) is 0 Å². The number of ketones is 1. The van der Waals surface area contributed by atoms with E-state index in [0.29, 0.717) is 12.3 Å². The van der Waals surface area contributed by atoms with Gasteiger partial charge in [-0.15, -0.1) is 0 Å². The van der Waals surface area contributed by atoms with Gasteiger partial charge in [-0.2, -0.15) is 4.98 Å². The molecular weight excluding hydrogens is 282 g/mol. The van der Waals surface area contributed by atoms with Crippen molar-refractivity contribution in [2.24, 2.45) is 11.7 Å². The minimum atomic E-state index is -0.709. The second kappa shape index (κ2) is 8.06. The Morgan fingerprint density at radius 2 is 2.05 bits per heavy atom. The monoisotopic (exact) mass is 307 g/mol. The number of carbonyl (C=O) groups excluding carboxylic acids is 2. The summed E-state index contributed by atoms with van der Waals surface area (Å²) in [5, 5.41) is 3.57. The molecule has 1 atom stereocenters. The summed E-state index contributed by atoms with van der Waals surface area (Å²) in [5.74, 6) is 0.320. The van der Waals surface area contributed by atoms with Crippen LogP contribution in [0.4, 0.5) is 0 Å². The third-order valence-electron chi connectivity index (χ3n) is 4.43. The normalized spacial score (nSPS) is 17.3. The Balaban J connectivity index is 1.90. The van der Waals surface area contributed by atoms with Crippen LogP contribution in [0.1, 0.15) is 87.1 Å². The molecular formula is C16H25N3O3. The van der Waals surface area contributed by atoms with E-state index >= 15 is 0 Å². The molecule has 1 amide bonds. The summed E-state index contributed by atoms with van der Waals surface area (Å²) in [6.45, 7) is 1.56. The topological polar surface area (TPSA) is 99.1 Å². The van der Waals surface area contributed by atoms with Gasteiger partial charge in [-0.1, -0.05) is 50.1 Å². The molecule has 1 heterocycles. The first-order valence-electron chi connectivity index (χ1n) is 8.19. The van der Waals surface area contributed by atoms with Crippen LogP contribution in [0.5, 0.6) is 0 Å². The van der Waals surface area contributed by atoms with E-state index in [2.05, 4.69) is 10.1 Å². The highest BCUT2D eigenvalue weighted by molar-refractivity contribution is 5.88. The molecule has 0 aliphatic heterocycles. The number of hydrogen-bond donors (Lipinski definition) is 1. The molecule has 0 unspecified atom stereocenters. The molecule has 122 valence electrons. The molecule has 1 aromatic heterocycles. The van der Waals surface area contributed by atoms with Crippen LogP contribution >= 0.6 is 0 Å². The number of nitrogens with zero attached hydrogens (tertiary/aromatic N) is 2. The molecule has 0 saturated heterocycles. The van der Waals surface area contributed by atoms with Crippen molar-refractivity contribution >= 4 is 11.7 Å². The van der Waals surface area contributed by atoms with Gasteiger partial charge in [0.2, 0.25) is 5.89 Å². The van der Waals surface area contributed by atoms with Crippen LogP contribution in [0, 0.1) is 5.92 Å². The van der Waals surface area contributed by atoms with Gasteiger partial charge in [0.15, 0.2) is 0 Å². The van der Waals surface area contributed by atoms with Crippen molar-refractivity contribution < 1.29 is 14.1 Å². The van der Waals surface area contributed by atoms with Crippen LogP contribution in [-0.4, -0.2) is 21.8 Å². The molecule has 0 aromatic carbocycles. The van der Waals surface area contributed by atoms with Crippen LogP contribution in [-0.2, 0) is 4.79 Å². The second-order valence-corrected chi connectivity index (χ2v) is 6.36. The molecule has 22 heavy (non-hydrogen) atoms. The molecule has 0 bridgehead atoms. The number of carbonyl (C=O) groups is 2. The number of hydrogen-bond acceptors (Lipinski definition) is 5. The van der Waals surface area contributed by atoms with E-state index in [9.17, 15) is 9.59 Å². The Morgan fingerprint density at radius 1 is 1.32 bits per heavy atom. The van der Waals surface area contributed by atoms with Crippen LogP contribution in [0.25, 0.3) is 0 Å². The van der Waals surface area contributed by atoms with Gasteiger partial charge < -0.3 is 15.1 Å². The molecule has 1 aliphatic rings. The Hall–Kier alpha value is -1.72. The standard InChI is InChI=1S/C16H25N3O3/c1-11(20)10-13(16-18-15(14(17)21)19-22-16)9-5-8-12-6-3-2-4-7-12/h12-13H,2-10H2,1H3,(H2,17,21)/t13-/m1/s1.